The first kappa shape index (κ1) is 20.4. The summed E-state index contributed by atoms with van der Waals surface area (Å²) in [4.78, 5) is 15.6. The van der Waals surface area contributed by atoms with Crippen LogP contribution in [0.3, 0.4) is 0 Å². The Labute approximate surface area is 184 Å². The normalized spacial score (nSPS) is 28.5. The fourth-order valence-electron chi connectivity index (χ4n) is 4.71. The van der Waals surface area contributed by atoms with Crippen LogP contribution in [0.5, 0.6) is 0 Å². The van der Waals surface area contributed by atoms with E-state index in [9.17, 15) is 15.3 Å². The van der Waals surface area contributed by atoms with Gasteiger partial charge in [-0.1, -0.05) is 11.6 Å². The Morgan fingerprint density at radius 2 is 1.90 bits per heavy atom. The van der Waals surface area contributed by atoms with Crippen molar-refractivity contribution in [3.05, 3.63) is 41.9 Å². The molecule has 10 heteroatoms. The van der Waals surface area contributed by atoms with Crippen LogP contribution in [0.2, 0.25) is 5.02 Å². The van der Waals surface area contributed by atoms with Gasteiger partial charge in [-0.05, 0) is 37.1 Å². The van der Waals surface area contributed by atoms with Crippen molar-refractivity contribution < 1.29 is 15.3 Å². The summed E-state index contributed by atoms with van der Waals surface area (Å²) < 4.78 is 1.78. The SMILES string of the molecule is OC[C@H]1C[C@@H](n2cnc3c(N[C@H]4CCN(c5ccc(Cl)cc5)C4)ncnc32)[C@H](O)[C@@H]1O. The van der Waals surface area contributed by atoms with E-state index in [1.165, 1.54) is 6.33 Å². The van der Waals surface area contributed by atoms with Crippen molar-refractivity contribution in [2.45, 2.75) is 37.1 Å². The summed E-state index contributed by atoms with van der Waals surface area (Å²) in [5.74, 6) is 0.285. The van der Waals surface area contributed by atoms with Crippen molar-refractivity contribution in [3.63, 3.8) is 0 Å². The number of aromatic nitrogens is 4. The summed E-state index contributed by atoms with van der Waals surface area (Å²) in [5.41, 5.74) is 2.36. The van der Waals surface area contributed by atoms with Gasteiger partial charge in [0, 0.05) is 42.4 Å². The number of halogens is 1. The van der Waals surface area contributed by atoms with E-state index in [0.717, 1.165) is 30.2 Å². The molecular formula is C21H25ClN6O3. The summed E-state index contributed by atoms with van der Waals surface area (Å²) in [6.45, 7) is 1.59. The number of rotatable bonds is 5. The lowest BCUT2D eigenvalue weighted by Gasteiger charge is -2.19. The summed E-state index contributed by atoms with van der Waals surface area (Å²) in [6.07, 6.45) is 2.57. The summed E-state index contributed by atoms with van der Waals surface area (Å²) in [5, 5.41) is 34.3. The zero-order chi connectivity index (χ0) is 21.5. The quantitative estimate of drug-likeness (QED) is 0.466. The topological polar surface area (TPSA) is 120 Å². The van der Waals surface area contributed by atoms with Crippen LogP contribution in [-0.4, -0.2) is 72.8 Å². The van der Waals surface area contributed by atoms with Crippen LogP contribution < -0.4 is 10.2 Å². The summed E-state index contributed by atoms with van der Waals surface area (Å²) in [6, 6.07) is 7.65. The molecule has 0 spiro atoms. The van der Waals surface area contributed by atoms with E-state index in [2.05, 4.69) is 25.2 Å². The number of anilines is 2. The Morgan fingerprint density at radius 3 is 2.65 bits per heavy atom. The lowest BCUT2D eigenvalue weighted by molar-refractivity contribution is -0.00370. The Bertz CT molecular complexity index is 1060. The van der Waals surface area contributed by atoms with Gasteiger partial charge in [-0.15, -0.1) is 0 Å². The molecule has 0 radical (unpaired) electrons. The molecule has 164 valence electrons. The molecule has 3 aromatic rings. The number of nitrogens with zero attached hydrogens (tertiary/aromatic N) is 5. The van der Waals surface area contributed by atoms with Crippen LogP contribution in [0.25, 0.3) is 11.2 Å². The highest BCUT2D eigenvalue weighted by molar-refractivity contribution is 6.30. The van der Waals surface area contributed by atoms with Gasteiger partial charge in [-0.2, -0.15) is 0 Å². The zero-order valence-electron chi connectivity index (χ0n) is 16.8. The molecule has 1 aliphatic carbocycles. The number of imidazole rings is 1. The first-order valence-electron chi connectivity index (χ1n) is 10.5. The zero-order valence-corrected chi connectivity index (χ0v) is 17.6. The number of aliphatic hydroxyl groups excluding tert-OH is 3. The van der Waals surface area contributed by atoms with Crippen LogP contribution in [0.4, 0.5) is 11.5 Å². The maximum absolute atomic E-state index is 10.5. The van der Waals surface area contributed by atoms with Crippen LogP contribution >= 0.6 is 11.6 Å². The van der Waals surface area contributed by atoms with E-state index in [1.807, 2.05) is 24.3 Å². The van der Waals surface area contributed by atoms with Crippen LogP contribution in [0, 0.1) is 5.92 Å². The lowest BCUT2D eigenvalue weighted by Crippen LogP contribution is -2.30. The molecule has 5 rings (SSSR count). The van der Waals surface area contributed by atoms with Crippen LogP contribution in [-0.2, 0) is 0 Å². The van der Waals surface area contributed by atoms with Gasteiger partial charge in [0.05, 0.1) is 18.5 Å². The fourth-order valence-corrected chi connectivity index (χ4v) is 4.84. The monoisotopic (exact) mass is 444 g/mol. The first-order chi connectivity index (χ1) is 15.0. The average Bonchev–Trinajstić information content (AvgIpc) is 3.48. The number of benzene rings is 1. The largest absolute Gasteiger partial charge is 0.396 e. The fraction of sp³-hybridized carbons (Fsp3) is 0.476. The van der Waals surface area contributed by atoms with E-state index < -0.39 is 18.2 Å². The Kier molecular flexibility index (Phi) is 5.43. The summed E-state index contributed by atoms with van der Waals surface area (Å²) >= 11 is 6.00. The summed E-state index contributed by atoms with van der Waals surface area (Å²) in [7, 11) is 0. The minimum atomic E-state index is -0.983. The number of fused-ring (bicyclic) bond motifs is 1. The molecule has 9 nitrogen and oxygen atoms in total. The highest BCUT2D eigenvalue weighted by atomic mass is 35.5. The molecule has 31 heavy (non-hydrogen) atoms. The highest BCUT2D eigenvalue weighted by Crippen LogP contribution is 2.37. The number of hydrogen-bond donors (Lipinski definition) is 4. The predicted molar refractivity (Wildman–Crippen MR) is 117 cm³/mol. The van der Waals surface area contributed by atoms with E-state index in [-0.39, 0.29) is 18.6 Å². The van der Waals surface area contributed by atoms with Crippen LogP contribution in [0.1, 0.15) is 18.9 Å². The first-order valence-corrected chi connectivity index (χ1v) is 10.8. The highest BCUT2D eigenvalue weighted by Gasteiger charge is 2.42. The smallest absolute Gasteiger partial charge is 0.165 e. The predicted octanol–water partition coefficient (Wildman–Crippen LogP) is 1.45. The maximum Gasteiger partial charge on any atom is 0.165 e. The van der Waals surface area contributed by atoms with Crippen molar-refractivity contribution in [1.82, 2.24) is 19.5 Å². The average molecular weight is 445 g/mol. The third kappa shape index (κ3) is 3.71. The van der Waals surface area contributed by atoms with Gasteiger partial charge < -0.3 is 30.1 Å². The lowest BCUT2D eigenvalue weighted by atomic mass is 10.1. The van der Waals surface area contributed by atoms with Crippen molar-refractivity contribution in [3.8, 4) is 0 Å². The molecule has 5 atom stereocenters. The van der Waals surface area contributed by atoms with E-state index in [1.54, 1.807) is 10.9 Å². The second-order valence-corrected chi connectivity index (χ2v) is 8.76. The molecule has 1 saturated heterocycles. The number of aliphatic hydroxyl groups is 3. The van der Waals surface area contributed by atoms with Gasteiger partial charge in [0.25, 0.3) is 0 Å². The van der Waals surface area contributed by atoms with E-state index >= 15 is 0 Å². The maximum atomic E-state index is 10.5. The standard InChI is InChI=1S/C21H25ClN6O3/c22-13-1-3-15(4-2-13)27-6-5-14(8-27)26-20-17-21(24-10-23-20)28(11-25-17)16-7-12(9-29)18(30)19(16)31/h1-4,10-12,14,16,18-19,29-31H,5-9H2,(H,23,24,26)/t12-,14+,16-,18-,19+/m1/s1. The molecule has 0 unspecified atom stereocenters. The van der Waals surface area contributed by atoms with E-state index in [4.69, 9.17) is 11.6 Å². The van der Waals surface area contributed by atoms with Gasteiger partial charge in [0.2, 0.25) is 0 Å². The second-order valence-electron chi connectivity index (χ2n) is 8.33. The van der Waals surface area contributed by atoms with Gasteiger partial charge in [-0.3, -0.25) is 0 Å². The van der Waals surface area contributed by atoms with Crippen molar-refractivity contribution in [2.75, 3.05) is 29.9 Å². The van der Waals surface area contributed by atoms with Gasteiger partial charge >= 0.3 is 0 Å². The molecule has 0 bridgehead atoms. The molecule has 1 aliphatic heterocycles. The molecule has 3 heterocycles. The van der Waals surface area contributed by atoms with Crippen LogP contribution in [0.15, 0.2) is 36.9 Å². The van der Waals surface area contributed by atoms with Gasteiger partial charge in [0.1, 0.15) is 17.9 Å². The molecule has 0 amide bonds. The minimum absolute atomic E-state index is 0.172. The Balaban J connectivity index is 1.34. The van der Waals surface area contributed by atoms with E-state index in [0.29, 0.717) is 23.4 Å². The molecule has 2 aromatic heterocycles. The molecular weight excluding hydrogens is 420 g/mol. The molecule has 2 aliphatic rings. The molecule has 4 N–H and O–H groups in total. The Hall–Kier alpha value is -2.46. The number of nitrogens with one attached hydrogen (secondary N) is 1. The minimum Gasteiger partial charge on any atom is -0.396 e. The van der Waals surface area contributed by atoms with Crippen molar-refractivity contribution in [2.24, 2.45) is 5.92 Å². The number of hydrogen-bond acceptors (Lipinski definition) is 8. The van der Waals surface area contributed by atoms with Crippen molar-refractivity contribution in [1.29, 1.82) is 0 Å². The van der Waals surface area contributed by atoms with Gasteiger partial charge in [0.15, 0.2) is 11.5 Å². The second kappa shape index (κ2) is 8.23. The molecule has 2 fully saturated rings. The molecule has 1 saturated carbocycles. The third-order valence-corrected chi connectivity index (χ3v) is 6.69. The van der Waals surface area contributed by atoms with Gasteiger partial charge in [-0.25, -0.2) is 15.0 Å². The Morgan fingerprint density at radius 1 is 1.10 bits per heavy atom. The molecule has 1 aromatic carbocycles. The van der Waals surface area contributed by atoms with Crippen molar-refractivity contribution >= 4 is 34.3 Å². The third-order valence-electron chi connectivity index (χ3n) is 6.44.